The Kier molecular flexibility index (Phi) is 9.83. The first-order chi connectivity index (χ1) is 19.3. The number of morpholine rings is 1. The molecular formula is C29H37N7O4. The molecule has 3 heterocycles. The molecule has 0 saturated carbocycles. The lowest BCUT2D eigenvalue weighted by Gasteiger charge is -2.26. The summed E-state index contributed by atoms with van der Waals surface area (Å²) in [7, 11) is 0. The molecule has 2 aliphatic rings. The summed E-state index contributed by atoms with van der Waals surface area (Å²) in [5, 5.41) is 23.2. The van der Waals surface area contributed by atoms with E-state index in [0.717, 1.165) is 50.6 Å². The van der Waals surface area contributed by atoms with Gasteiger partial charge in [0.05, 0.1) is 19.8 Å². The van der Waals surface area contributed by atoms with E-state index >= 15 is 0 Å². The number of carbonyl (C=O) groups is 1. The summed E-state index contributed by atoms with van der Waals surface area (Å²) in [6.45, 7) is 11.3. The highest BCUT2D eigenvalue weighted by Gasteiger charge is 2.21. The topological polar surface area (TPSA) is 137 Å². The largest absolute Gasteiger partial charge is 0.494 e. The molecule has 0 radical (unpaired) electrons. The zero-order chi connectivity index (χ0) is 28.4. The number of aromatic nitrogens is 1. The van der Waals surface area contributed by atoms with Gasteiger partial charge in [0.25, 0.3) is 0 Å². The van der Waals surface area contributed by atoms with Crippen LogP contribution in [0.2, 0.25) is 0 Å². The fraction of sp³-hybridized carbons (Fsp3) is 0.414. The van der Waals surface area contributed by atoms with Crippen LogP contribution >= 0.6 is 0 Å². The number of nitrogens with zero attached hydrogens (tertiary/aromatic N) is 2. The summed E-state index contributed by atoms with van der Waals surface area (Å²) in [5.41, 5.74) is 1.13. The molecule has 2 aliphatic heterocycles. The molecule has 1 atom stereocenters. The van der Waals surface area contributed by atoms with Crippen LogP contribution in [0.1, 0.15) is 38.5 Å². The zero-order valence-corrected chi connectivity index (χ0v) is 23.2. The van der Waals surface area contributed by atoms with Crippen LogP contribution in [0.5, 0.6) is 5.75 Å². The highest BCUT2D eigenvalue weighted by molar-refractivity contribution is 5.89. The number of carbonyl (C=O) groups excluding carboxylic acids is 1. The maximum atomic E-state index is 12.3. The van der Waals surface area contributed by atoms with Crippen LogP contribution in [0.4, 0.5) is 10.6 Å². The molecule has 0 aliphatic carbocycles. The van der Waals surface area contributed by atoms with E-state index in [0.29, 0.717) is 29.6 Å². The molecule has 0 bridgehead atoms. The van der Waals surface area contributed by atoms with Gasteiger partial charge in [-0.1, -0.05) is 37.8 Å². The summed E-state index contributed by atoms with van der Waals surface area (Å²) in [4.78, 5) is 14.7. The van der Waals surface area contributed by atoms with E-state index in [4.69, 9.17) is 19.4 Å². The number of amides is 2. The van der Waals surface area contributed by atoms with Gasteiger partial charge in [0, 0.05) is 54.7 Å². The predicted molar refractivity (Wildman–Crippen MR) is 153 cm³/mol. The fourth-order valence-electron chi connectivity index (χ4n) is 3.93. The molecule has 1 saturated heterocycles. The monoisotopic (exact) mass is 547 g/mol. The van der Waals surface area contributed by atoms with Crippen molar-refractivity contribution >= 4 is 18.1 Å². The lowest BCUT2D eigenvalue weighted by Crippen LogP contribution is -2.37. The molecule has 2 amide bonds. The smallest absolute Gasteiger partial charge is 0.326 e. The summed E-state index contributed by atoms with van der Waals surface area (Å²) < 4.78 is 16.5. The van der Waals surface area contributed by atoms with Crippen molar-refractivity contribution in [3.8, 4) is 17.6 Å². The predicted octanol–water partition coefficient (Wildman–Crippen LogP) is 3.14. The van der Waals surface area contributed by atoms with Gasteiger partial charge in [-0.25, -0.2) is 4.79 Å². The van der Waals surface area contributed by atoms with Crippen molar-refractivity contribution in [2.75, 3.05) is 44.8 Å². The maximum absolute atomic E-state index is 12.3. The average Bonchev–Trinajstić information content (AvgIpc) is 3.60. The Morgan fingerprint density at radius 2 is 2.02 bits per heavy atom. The van der Waals surface area contributed by atoms with Crippen LogP contribution in [0, 0.1) is 17.3 Å². The van der Waals surface area contributed by atoms with Gasteiger partial charge in [0.1, 0.15) is 23.5 Å². The molecule has 4 rings (SSSR count). The quantitative estimate of drug-likeness (QED) is 0.184. The van der Waals surface area contributed by atoms with E-state index in [1.807, 2.05) is 45.0 Å². The third-order valence-corrected chi connectivity index (χ3v) is 6.16. The first-order valence-corrected chi connectivity index (χ1v) is 13.3. The number of benzene rings is 1. The summed E-state index contributed by atoms with van der Waals surface area (Å²) in [5.74, 6) is 8.37. The van der Waals surface area contributed by atoms with Gasteiger partial charge in [-0.15, -0.1) is 0 Å². The molecule has 1 aromatic carbocycles. The fourth-order valence-corrected chi connectivity index (χ4v) is 3.93. The summed E-state index contributed by atoms with van der Waals surface area (Å²) >= 11 is 0. The molecule has 1 aromatic heterocycles. The second kappa shape index (κ2) is 13.7. The standard InChI is InChI=1S/C29H37N7O4/c1-29(2,3)24-18-26(35-40-24)33-28(37)34-27-20-31-25(32-27)17-22(19-30)6-5-21-7-9-23(10-8-21)39-14-4-11-36-12-15-38-16-13-36/h7-10,17-20,25,30-32H,4,11-16H2,1-3H3,(H2,33,34,35,37)/b22-17-,30-19?. The van der Waals surface area contributed by atoms with E-state index in [1.165, 1.54) is 6.21 Å². The van der Waals surface area contributed by atoms with Crippen molar-refractivity contribution in [3.05, 3.63) is 65.3 Å². The highest BCUT2D eigenvalue weighted by atomic mass is 16.5. The van der Waals surface area contributed by atoms with Gasteiger partial charge in [0.2, 0.25) is 0 Å². The van der Waals surface area contributed by atoms with Crippen molar-refractivity contribution in [2.45, 2.75) is 38.8 Å². The third-order valence-electron chi connectivity index (χ3n) is 6.16. The van der Waals surface area contributed by atoms with Gasteiger partial charge >= 0.3 is 6.03 Å². The van der Waals surface area contributed by atoms with Crippen LogP contribution in [0.15, 0.2) is 58.5 Å². The molecule has 11 heteroatoms. The summed E-state index contributed by atoms with van der Waals surface area (Å²) in [6, 6.07) is 8.85. The molecule has 11 nitrogen and oxygen atoms in total. The number of hydrogen-bond acceptors (Lipinski definition) is 9. The minimum absolute atomic E-state index is 0.209. The number of nitrogens with one attached hydrogen (secondary N) is 5. The van der Waals surface area contributed by atoms with Gasteiger partial charge in [-0.3, -0.25) is 15.5 Å². The maximum Gasteiger partial charge on any atom is 0.326 e. The number of anilines is 1. The number of allylic oxidation sites excluding steroid dienone is 1. The van der Waals surface area contributed by atoms with Crippen molar-refractivity contribution in [1.29, 1.82) is 5.41 Å². The first kappa shape index (κ1) is 28.7. The van der Waals surface area contributed by atoms with Crippen LogP contribution in [-0.4, -0.2) is 67.9 Å². The minimum Gasteiger partial charge on any atom is -0.494 e. The van der Waals surface area contributed by atoms with Gasteiger partial charge in [0.15, 0.2) is 5.82 Å². The van der Waals surface area contributed by atoms with Crippen molar-refractivity contribution in [2.24, 2.45) is 0 Å². The van der Waals surface area contributed by atoms with Crippen LogP contribution < -0.4 is 26.0 Å². The van der Waals surface area contributed by atoms with E-state index in [-0.39, 0.29) is 11.6 Å². The van der Waals surface area contributed by atoms with Gasteiger partial charge < -0.3 is 30.0 Å². The molecule has 2 aromatic rings. The van der Waals surface area contributed by atoms with E-state index in [1.54, 1.807) is 18.3 Å². The van der Waals surface area contributed by atoms with E-state index in [2.05, 4.69) is 43.2 Å². The van der Waals surface area contributed by atoms with E-state index in [9.17, 15) is 4.79 Å². The first-order valence-electron chi connectivity index (χ1n) is 13.3. The normalized spacial score (nSPS) is 17.5. The molecule has 5 N–H and O–H groups in total. The zero-order valence-electron chi connectivity index (χ0n) is 23.2. The van der Waals surface area contributed by atoms with Crippen LogP contribution in [0.25, 0.3) is 0 Å². The lowest BCUT2D eigenvalue weighted by atomic mass is 9.93. The highest BCUT2D eigenvalue weighted by Crippen LogP contribution is 2.24. The molecule has 40 heavy (non-hydrogen) atoms. The number of ether oxygens (including phenoxy) is 2. The minimum atomic E-state index is -0.462. The van der Waals surface area contributed by atoms with Gasteiger partial charge in [-0.2, -0.15) is 0 Å². The molecular weight excluding hydrogens is 510 g/mol. The Morgan fingerprint density at radius 1 is 1.25 bits per heavy atom. The van der Waals surface area contributed by atoms with Crippen LogP contribution in [-0.2, 0) is 10.2 Å². The third kappa shape index (κ3) is 8.90. The van der Waals surface area contributed by atoms with Gasteiger partial charge in [-0.05, 0) is 36.8 Å². The Morgan fingerprint density at radius 3 is 2.73 bits per heavy atom. The van der Waals surface area contributed by atoms with Crippen molar-refractivity contribution in [3.63, 3.8) is 0 Å². The Labute approximate surface area is 234 Å². The molecule has 1 fully saturated rings. The second-order valence-electron chi connectivity index (χ2n) is 10.4. The number of rotatable bonds is 9. The second-order valence-corrected chi connectivity index (χ2v) is 10.4. The number of hydrogen-bond donors (Lipinski definition) is 5. The van der Waals surface area contributed by atoms with Crippen molar-refractivity contribution < 1.29 is 18.8 Å². The summed E-state index contributed by atoms with van der Waals surface area (Å²) in [6.07, 6.45) is 5.22. The van der Waals surface area contributed by atoms with Crippen LogP contribution in [0.3, 0.4) is 0 Å². The average molecular weight is 548 g/mol. The molecule has 1 unspecified atom stereocenters. The number of urea groups is 1. The van der Waals surface area contributed by atoms with Crippen molar-refractivity contribution in [1.82, 2.24) is 26.0 Å². The molecule has 0 spiro atoms. The Hall–Kier alpha value is -4.27. The lowest BCUT2D eigenvalue weighted by molar-refractivity contribution is 0.0358. The Bertz CT molecular complexity index is 1280. The van der Waals surface area contributed by atoms with E-state index < -0.39 is 6.03 Å². The Balaban J connectivity index is 1.20. The molecule has 212 valence electrons. The SMILES string of the molecule is CC(C)(C)c1cc(NC(=O)NC2=CNC(/C=C(/C#Cc3ccc(OCCCN4CCOCC4)cc3)C=N)N2)no1.